The van der Waals surface area contributed by atoms with Crippen LogP contribution < -0.4 is 15.8 Å². The number of nitrogens with zero attached hydrogens (tertiary/aromatic N) is 4. The first-order valence-corrected chi connectivity index (χ1v) is 11.1. The Bertz CT molecular complexity index is 1170. The van der Waals surface area contributed by atoms with Gasteiger partial charge in [0.2, 0.25) is 5.88 Å². The summed E-state index contributed by atoms with van der Waals surface area (Å²) in [4.78, 5) is 17.3. The lowest BCUT2D eigenvalue weighted by atomic mass is 9.87. The highest BCUT2D eigenvalue weighted by Gasteiger charge is 2.30. The number of fused-ring (bicyclic) bond motifs is 1. The van der Waals surface area contributed by atoms with Gasteiger partial charge >= 0.3 is 6.18 Å². The second-order valence-corrected chi connectivity index (χ2v) is 9.16. The number of hydrogen-bond donors (Lipinski definition) is 3. The van der Waals surface area contributed by atoms with Crippen LogP contribution in [0.2, 0.25) is 0 Å². The number of ether oxygens (including phenoxy) is 1. The topological polar surface area (TPSA) is 119 Å². The molecule has 0 saturated heterocycles. The van der Waals surface area contributed by atoms with Crippen LogP contribution in [0.1, 0.15) is 56.8 Å². The zero-order chi connectivity index (χ0) is 24.5. The van der Waals surface area contributed by atoms with Crippen LogP contribution in [0.4, 0.5) is 24.8 Å². The van der Waals surface area contributed by atoms with Crippen molar-refractivity contribution in [2.75, 3.05) is 11.9 Å². The number of aliphatic hydroxyl groups is 1. The van der Waals surface area contributed by atoms with Crippen molar-refractivity contribution in [2.45, 2.75) is 63.3 Å². The smallest absolute Gasteiger partial charge is 0.422 e. The predicted molar refractivity (Wildman–Crippen MR) is 121 cm³/mol. The third kappa shape index (κ3) is 5.71. The minimum Gasteiger partial charge on any atom is -0.468 e. The molecule has 1 aliphatic rings. The van der Waals surface area contributed by atoms with E-state index in [4.69, 9.17) is 10.5 Å². The summed E-state index contributed by atoms with van der Waals surface area (Å²) >= 11 is 0. The van der Waals surface area contributed by atoms with Gasteiger partial charge in [-0.15, -0.1) is 0 Å². The minimum atomic E-state index is -4.49. The fourth-order valence-electron chi connectivity index (χ4n) is 4.13. The first-order chi connectivity index (χ1) is 16.0. The van der Waals surface area contributed by atoms with Gasteiger partial charge in [-0.05, 0) is 56.2 Å². The Labute approximate surface area is 194 Å². The summed E-state index contributed by atoms with van der Waals surface area (Å²) in [6.07, 6.45) is 2.89. The van der Waals surface area contributed by atoms with Gasteiger partial charge in [0, 0.05) is 30.0 Å². The molecule has 4 N–H and O–H groups in total. The van der Waals surface area contributed by atoms with Crippen molar-refractivity contribution < 1.29 is 23.0 Å². The molecular weight excluding hydrogens is 449 g/mol. The molecule has 11 heteroatoms. The highest BCUT2D eigenvalue weighted by molar-refractivity contribution is 5.91. The van der Waals surface area contributed by atoms with E-state index in [2.05, 4.69) is 25.3 Å². The number of rotatable bonds is 6. The normalized spacial score (nSPS) is 19.3. The molecule has 4 rings (SSSR count). The fraction of sp³-hybridized carbons (Fsp3) is 0.478. The van der Waals surface area contributed by atoms with Crippen molar-refractivity contribution in [1.29, 1.82) is 0 Å². The Morgan fingerprint density at radius 3 is 2.62 bits per heavy atom. The van der Waals surface area contributed by atoms with E-state index in [0.717, 1.165) is 19.3 Å². The number of aliphatic hydroxyl groups excluding tert-OH is 1. The number of pyridine rings is 2. The van der Waals surface area contributed by atoms with Crippen LogP contribution in [0.5, 0.6) is 5.88 Å². The molecule has 0 radical (unpaired) electrons. The lowest BCUT2D eigenvalue weighted by molar-refractivity contribution is -0.153. The van der Waals surface area contributed by atoms with Crippen LogP contribution in [0.25, 0.3) is 10.8 Å². The van der Waals surface area contributed by atoms with Crippen LogP contribution in [-0.2, 0) is 5.54 Å². The summed E-state index contributed by atoms with van der Waals surface area (Å²) in [6, 6.07) is 3.39. The SMILES string of the molecule is CC(C)(N)c1cnc(OCC(F)(F)F)c2cnc(Nc3ccnc([C@@H]4CCC[C@@H](O)C4)n3)cc12. The average molecular weight is 477 g/mol. The Hall–Kier alpha value is -3.05. The van der Waals surface area contributed by atoms with E-state index in [0.29, 0.717) is 40.2 Å². The molecule has 3 aromatic heterocycles. The molecule has 1 aliphatic carbocycles. The molecule has 182 valence electrons. The zero-order valence-corrected chi connectivity index (χ0v) is 18.9. The van der Waals surface area contributed by atoms with E-state index in [1.54, 1.807) is 32.2 Å². The van der Waals surface area contributed by atoms with Crippen LogP contribution in [0, 0.1) is 0 Å². The maximum atomic E-state index is 12.7. The van der Waals surface area contributed by atoms with Crippen LogP contribution in [0.3, 0.4) is 0 Å². The van der Waals surface area contributed by atoms with E-state index >= 15 is 0 Å². The fourth-order valence-corrected chi connectivity index (χ4v) is 4.13. The predicted octanol–water partition coefficient (Wildman–Crippen LogP) is 4.32. The van der Waals surface area contributed by atoms with Gasteiger partial charge in [0.05, 0.1) is 11.5 Å². The Morgan fingerprint density at radius 2 is 1.91 bits per heavy atom. The molecule has 0 unspecified atom stereocenters. The third-order valence-corrected chi connectivity index (χ3v) is 5.74. The second kappa shape index (κ2) is 9.30. The molecule has 0 bridgehead atoms. The summed E-state index contributed by atoms with van der Waals surface area (Å²) in [5.41, 5.74) is 6.11. The number of hydrogen-bond acceptors (Lipinski definition) is 8. The summed E-state index contributed by atoms with van der Waals surface area (Å²) in [7, 11) is 0. The Kier molecular flexibility index (Phi) is 6.59. The quantitative estimate of drug-likeness (QED) is 0.481. The molecular formula is C23H27F3N6O2. The monoisotopic (exact) mass is 476 g/mol. The number of halogens is 3. The van der Waals surface area contributed by atoms with E-state index < -0.39 is 18.3 Å². The van der Waals surface area contributed by atoms with E-state index in [1.807, 2.05) is 0 Å². The van der Waals surface area contributed by atoms with Crippen LogP contribution >= 0.6 is 0 Å². The van der Waals surface area contributed by atoms with Gasteiger partial charge in [-0.2, -0.15) is 13.2 Å². The number of anilines is 2. The molecule has 0 amide bonds. The lowest BCUT2D eigenvalue weighted by Crippen LogP contribution is -2.29. The zero-order valence-electron chi connectivity index (χ0n) is 18.9. The van der Waals surface area contributed by atoms with Crippen molar-refractivity contribution in [1.82, 2.24) is 19.9 Å². The number of nitrogens with one attached hydrogen (secondary N) is 1. The Morgan fingerprint density at radius 1 is 1.12 bits per heavy atom. The summed E-state index contributed by atoms with van der Waals surface area (Å²) in [5, 5.41) is 14.0. The van der Waals surface area contributed by atoms with Gasteiger partial charge in [-0.1, -0.05) is 6.42 Å². The first kappa shape index (κ1) is 24.1. The molecule has 3 heterocycles. The van der Waals surface area contributed by atoms with Gasteiger partial charge in [0.1, 0.15) is 17.5 Å². The average Bonchev–Trinajstić information content (AvgIpc) is 2.76. The van der Waals surface area contributed by atoms with E-state index in [9.17, 15) is 18.3 Å². The largest absolute Gasteiger partial charge is 0.468 e. The van der Waals surface area contributed by atoms with Gasteiger partial charge in [0.15, 0.2) is 6.61 Å². The summed E-state index contributed by atoms with van der Waals surface area (Å²) in [6.45, 7) is 2.10. The van der Waals surface area contributed by atoms with Crippen molar-refractivity contribution in [3.8, 4) is 5.88 Å². The van der Waals surface area contributed by atoms with Gasteiger partial charge in [-0.25, -0.2) is 19.9 Å². The van der Waals surface area contributed by atoms with Crippen molar-refractivity contribution in [3.05, 3.63) is 42.1 Å². The van der Waals surface area contributed by atoms with Crippen molar-refractivity contribution in [3.63, 3.8) is 0 Å². The molecule has 2 atom stereocenters. The van der Waals surface area contributed by atoms with Crippen molar-refractivity contribution >= 4 is 22.4 Å². The van der Waals surface area contributed by atoms with Crippen molar-refractivity contribution in [2.24, 2.45) is 5.73 Å². The Balaban J connectivity index is 1.65. The molecule has 1 saturated carbocycles. The number of alkyl halides is 3. The summed E-state index contributed by atoms with van der Waals surface area (Å²) < 4.78 is 43.0. The molecule has 8 nitrogen and oxygen atoms in total. The molecule has 0 aliphatic heterocycles. The summed E-state index contributed by atoms with van der Waals surface area (Å²) in [5.74, 6) is 1.52. The molecule has 0 aromatic carbocycles. The van der Waals surface area contributed by atoms with E-state index in [1.165, 1.54) is 12.4 Å². The molecule has 1 fully saturated rings. The second-order valence-electron chi connectivity index (χ2n) is 9.16. The molecule has 34 heavy (non-hydrogen) atoms. The number of aromatic nitrogens is 4. The highest BCUT2D eigenvalue weighted by Crippen LogP contribution is 2.34. The highest BCUT2D eigenvalue weighted by atomic mass is 19.4. The van der Waals surface area contributed by atoms with Crippen LogP contribution in [0.15, 0.2) is 30.7 Å². The van der Waals surface area contributed by atoms with E-state index in [-0.39, 0.29) is 17.9 Å². The van der Waals surface area contributed by atoms with Gasteiger partial charge < -0.3 is 20.9 Å². The maximum absolute atomic E-state index is 12.7. The number of nitrogens with two attached hydrogens (primary N) is 1. The van der Waals surface area contributed by atoms with Gasteiger partial charge in [-0.3, -0.25) is 0 Å². The minimum absolute atomic E-state index is 0.0825. The van der Waals surface area contributed by atoms with Gasteiger partial charge in [0.25, 0.3) is 0 Å². The standard InChI is InChI=1S/C23H27F3N6O2/c1-22(2,27)17-11-30-21(34-12-23(24,25)26)16-10-29-19(9-15(16)17)31-18-6-7-28-20(32-18)13-4-3-5-14(33)8-13/h6-7,9-11,13-14,33H,3-5,8,12,27H2,1-2H3,(H,28,29,31,32)/t13-,14-/m1/s1. The first-order valence-electron chi connectivity index (χ1n) is 11.1. The maximum Gasteiger partial charge on any atom is 0.422 e. The lowest BCUT2D eigenvalue weighted by Gasteiger charge is -2.24. The molecule has 3 aromatic rings. The van der Waals surface area contributed by atoms with Crippen LogP contribution in [-0.4, -0.2) is 43.9 Å². The third-order valence-electron chi connectivity index (χ3n) is 5.74. The molecule has 0 spiro atoms.